The average molecular weight is 310 g/mol. The summed E-state index contributed by atoms with van der Waals surface area (Å²) in [5.41, 5.74) is 1.15. The molecule has 118 valence electrons. The first-order valence-electron chi connectivity index (χ1n) is 7.70. The fraction of sp³-hybridized carbons (Fsp3) is 0.625. The van der Waals surface area contributed by atoms with E-state index in [-0.39, 0.29) is 6.04 Å². The van der Waals surface area contributed by atoms with E-state index in [9.17, 15) is 8.42 Å². The highest BCUT2D eigenvalue weighted by atomic mass is 32.2. The van der Waals surface area contributed by atoms with Gasteiger partial charge in [-0.2, -0.15) is 4.31 Å². The highest BCUT2D eigenvalue weighted by Gasteiger charge is 2.33. The first-order chi connectivity index (χ1) is 9.95. The Morgan fingerprint density at radius 1 is 1.24 bits per heavy atom. The Kier molecular flexibility index (Phi) is 5.41. The van der Waals surface area contributed by atoms with E-state index in [0.717, 1.165) is 31.4 Å². The van der Waals surface area contributed by atoms with Gasteiger partial charge in [-0.3, -0.25) is 0 Å². The smallest absolute Gasteiger partial charge is 0.243 e. The van der Waals surface area contributed by atoms with Crippen LogP contribution in [0.3, 0.4) is 0 Å². The molecule has 21 heavy (non-hydrogen) atoms. The van der Waals surface area contributed by atoms with Crippen molar-refractivity contribution in [1.82, 2.24) is 9.62 Å². The molecule has 1 aromatic rings. The van der Waals surface area contributed by atoms with Crippen LogP contribution >= 0.6 is 0 Å². The van der Waals surface area contributed by atoms with Gasteiger partial charge in [0.25, 0.3) is 0 Å². The van der Waals surface area contributed by atoms with Gasteiger partial charge < -0.3 is 5.32 Å². The minimum absolute atomic E-state index is 0.000400. The number of benzene rings is 1. The lowest BCUT2D eigenvalue weighted by Gasteiger charge is -2.26. The summed E-state index contributed by atoms with van der Waals surface area (Å²) in [6.07, 6.45) is 3.22. The Hall–Kier alpha value is -0.910. The average Bonchev–Trinajstić information content (AvgIpc) is 3.26. The molecule has 0 radical (unpaired) electrons. The number of nitrogens with zero attached hydrogens (tertiary/aromatic N) is 1. The molecule has 0 saturated heterocycles. The molecule has 0 aromatic heterocycles. The fourth-order valence-corrected chi connectivity index (χ4v) is 4.09. The molecule has 1 aliphatic rings. The first kappa shape index (κ1) is 16.5. The van der Waals surface area contributed by atoms with Crippen LogP contribution < -0.4 is 5.32 Å². The number of rotatable bonds is 8. The van der Waals surface area contributed by atoms with Crippen LogP contribution in [0.1, 0.15) is 32.3 Å². The minimum Gasteiger partial charge on any atom is -0.319 e. The molecule has 1 aliphatic carbocycles. The third-order valence-corrected chi connectivity index (χ3v) is 5.96. The van der Waals surface area contributed by atoms with Gasteiger partial charge in [-0.15, -0.1) is 0 Å². The van der Waals surface area contributed by atoms with Gasteiger partial charge in [-0.25, -0.2) is 8.42 Å². The predicted octanol–water partition coefficient (Wildman–Crippen LogP) is 2.26. The van der Waals surface area contributed by atoms with E-state index < -0.39 is 10.0 Å². The molecule has 0 amide bonds. The van der Waals surface area contributed by atoms with Crippen LogP contribution in [0, 0.1) is 5.92 Å². The molecule has 1 fully saturated rings. The highest BCUT2D eigenvalue weighted by molar-refractivity contribution is 7.89. The van der Waals surface area contributed by atoms with Crippen LogP contribution in [0.4, 0.5) is 0 Å². The zero-order chi connectivity index (χ0) is 15.5. The third kappa shape index (κ3) is 4.28. The largest absolute Gasteiger partial charge is 0.319 e. The molecule has 0 atom stereocenters. The second-order valence-electron chi connectivity index (χ2n) is 6.11. The van der Waals surface area contributed by atoms with Gasteiger partial charge in [0.1, 0.15) is 0 Å². The molecule has 1 N–H and O–H groups in total. The monoisotopic (exact) mass is 310 g/mol. The van der Waals surface area contributed by atoms with E-state index >= 15 is 0 Å². The van der Waals surface area contributed by atoms with E-state index in [1.54, 1.807) is 16.4 Å². The maximum absolute atomic E-state index is 12.8. The van der Waals surface area contributed by atoms with E-state index in [4.69, 9.17) is 0 Å². The number of nitrogens with one attached hydrogen (secondary N) is 1. The molecule has 1 aromatic carbocycles. The molecule has 0 bridgehead atoms. The summed E-state index contributed by atoms with van der Waals surface area (Å²) < 4.78 is 27.2. The number of hydrogen-bond donors (Lipinski definition) is 1. The van der Waals surface area contributed by atoms with Gasteiger partial charge in [0.05, 0.1) is 4.90 Å². The molecular formula is C16H26N2O2S. The number of likely N-dealkylation sites (N-methyl/N-ethyl adjacent to an activating group) is 1. The van der Waals surface area contributed by atoms with E-state index in [0.29, 0.717) is 17.4 Å². The SMILES string of the molecule is CNCCc1ccc(S(=O)(=O)N(CC2CC2)C(C)C)cc1. The molecule has 0 aliphatic heterocycles. The van der Waals surface area contributed by atoms with Crippen molar-refractivity contribution < 1.29 is 8.42 Å². The van der Waals surface area contributed by atoms with Crippen LogP contribution in [-0.4, -0.2) is 38.9 Å². The topological polar surface area (TPSA) is 49.4 Å². The third-order valence-electron chi connectivity index (χ3n) is 3.90. The van der Waals surface area contributed by atoms with Gasteiger partial charge >= 0.3 is 0 Å². The van der Waals surface area contributed by atoms with E-state index in [1.807, 2.05) is 33.0 Å². The van der Waals surface area contributed by atoms with Crippen LogP contribution in [0.2, 0.25) is 0 Å². The van der Waals surface area contributed by atoms with Gasteiger partial charge in [0, 0.05) is 12.6 Å². The maximum Gasteiger partial charge on any atom is 0.243 e. The van der Waals surface area contributed by atoms with Crippen LogP contribution in [-0.2, 0) is 16.4 Å². The standard InChI is InChI=1S/C16H26N2O2S/c1-13(2)18(12-15-4-5-15)21(19,20)16-8-6-14(7-9-16)10-11-17-3/h6-9,13,15,17H,4-5,10-12H2,1-3H3. The van der Waals surface area contributed by atoms with Gasteiger partial charge in [-0.05, 0) is 70.3 Å². The van der Waals surface area contributed by atoms with Crippen molar-refractivity contribution in [3.05, 3.63) is 29.8 Å². The van der Waals surface area contributed by atoms with Crippen molar-refractivity contribution in [3.8, 4) is 0 Å². The van der Waals surface area contributed by atoms with Gasteiger partial charge in [-0.1, -0.05) is 12.1 Å². The summed E-state index contributed by atoms with van der Waals surface area (Å²) in [4.78, 5) is 0.407. The van der Waals surface area contributed by atoms with E-state index in [1.165, 1.54) is 0 Å². The maximum atomic E-state index is 12.8. The molecule has 2 rings (SSSR count). The molecule has 4 nitrogen and oxygen atoms in total. The summed E-state index contributed by atoms with van der Waals surface area (Å²) in [6, 6.07) is 7.31. The lowest BCUT2D eigenvalue weighted by molar-refractivity contribution is 0.341. The highest BCUT2D eigenvalue weighted by Crippen LogP contribution is 2.32. The Bertz CT molecular complexity index is 548. The van der Waals surface area contributed by atoms with Crippen molar-refractivity contribution in [2.24, 2.45) is 5.92 Å². The predicted molar refractivity (Wildman–Crippen MR) is 85.8 cm³/mol. The summed E-state index contributed by atoms with van der Waals surface area (Å²) in [6.45, 7) is 5.44. The summed E-state index contributed by atoms with van der Waals surface area (Å²) in [7, 11) is -1.46. The number of sulfonamides is 1. The Labute approximate surface area is 128 Å². The Morgan fingerprint density at radius 3 is 2.33 bits per heavy atom. The summed E-state index contributed by atoms with van der Waals surface area (Å²) in [5, 5.41) is 3.10. The van der Waals surface area contributed by atoms with Crippen LogP contribution in [0.5, 0.6) is 0 Å². The Balaban J connectivity index is 2.16. The van der Waals surface area contributed by atoms with Crippen molar-refractivity contribution in [2.75, 3.05) is 20.1 Å². The van der Waals surface area contributed by atoms with Crippen molar-refractivity contribution in [1.29, 1.82) is 0 Å². The first-order valence-corrected chi connectivity index (χ1v) is 9.14. The number of hydrogen-bond acceptors (Lipinski definition) is 3. The second-order valence-corrected chi connectivity index (χ2v) is 8.00. The van der Waals surface area contributed by atoms with Crippen molar-refractivity contribution >= 4 is 10.0 Å². The summed E-state index contributed by atoms with van der Waals surface area (Å²) >= 11 is 0. The summed E-state index contributed by atoms with van der Waals surface area (Å²) in [5.74, 6) is 0.553. The van der Waals surface area contributed by atoms with Crippen molar-refractivity contribution in [2.45, 2.75) is 44.0 Å². The van der Waals surface area contributed by atoms with Gasteiger partial charge in [0.2, 0.25) is 10.0 Å². The van der Waals surface area contributed by atoms with Crippen molar-refractivity contribution in [3.63, 3.8) is 0 Å². The van der Waals surface area contributed by atoms with E-state index in [2.05, 4.69) is 5.32 Å². The molecule has 0 spiro atoms. The molecule has 5 heteroatoms. The Morgan fingerprint density at radius 2 is 1.86 bits per heavy atom. The normalized spacial score (nSPS) is 15.9. The lowest BCUT2D eigenvalue weighted by Crippen LogP contribution is -2.38. The molecule has 0 unspecified atom stereocenters. The fourth-order valence-electron chi connectivity index (χ4n) is 2.37. The second kappa shape index (κ2) is 6.90. The zero-order valence-corrected chi connectivity index (χ0v) is 14.0. The molecule has 0 heterocycles. The molecule has 1 saturated carbocycles. The quantitative estimate of drug-likeness (QED) is 0.801. The van der Waals surface area contributed by atoms with Crippen LogP contribution in [0.15, 0.2) is 29.2 Å². The van der Waals surface area contributed by atoms with Gasteiger partial charge in [0.15, 0.2) is 0 Å². The molecular weight excluding hydrogens is 284 g/mol. The minimum atomic E-state index is -3.37. The zero-order valence-electron chi connectivity index (χ0n) is 13.2. The van der Waals surface area contributed by atoms with Crippen LogP contribution in [0.25, 0.3) is 0 Å². The lowest BCUT2D eigenvalue weighted by atomic mass is 10.1.